The molecule has 4 nitrogen and oxygen atoms in total. The van der Waals surface area contributed by atoms with Crippen molar-refractivity contribution in [2.45, 2.75) is 25.2 Å². The first kappa shape index (κ1) is 10.7. The number of aliphatic hydroxyl groups is 3. The van der Waals surface area contributed by atoms with Crippen LogP contribution in [-0.2, 0) is 0 Å². The number of nitrogens with zero attached hydrogens (tertiary/aromatic N) is 1. The molecule has 3 atom stereocenters. The lowest BCUT2D eigenvalue weighted by molar-refractivity contribution is 0.0572. The molecule has 0 radical (unpaired) electrons. The van der Waals surface area contributed by atoms with Crippen LogP contribution in [0.15, 0.2) is 12.2 Å². The van der Waals surface area contributed by atoms with Crippen molar-refractivity contribution < 1.29 is 15.3 Å². The van der Waals surface area contributed by atoms with E-state index in [1.807, 2.05) is 11.8 Å². The van der Waals surface area contributed by atoms with Gasteiger partial charge >= 0.3 is 0 Å². The lowest BCUT2D eigenvalue weighted by Gasteiger charge is -2.25. The molecule has 4 heteroatoms. The molecule has 0 aromatic heterocycles. The van der Waals surface area contributed by atoms with Gasteiger partial charge in [0.25, 0.3) is 0 Å². The van der Waals surface area contributed by atoms with E-state index in [0.717, 1.165) is 5.57 Å². The predicted molar refractivity (Wildman–Crippen MR) is 49.3 cm³/mol. The summed E-state index contributed by atoms with van der Waals surface area (Å²) in [5.41, 5.74) is 0.851. The highest BCUT2D eigenvalue weighted by Gasteiger charge is 2.33. The number of likely N-dealkylation sites (tertiary alicyclic amines) is 1. The molecule has 0 saturated carbocycles. The molecule has 0 aromatic carbocycles. The van der Waals surface area contributed by atoms with Crippen molar-refractivity contribution in [2.75, 3.05) is 19.7 Å². The van der Waals surface area contributed by atoms with Crippen LogP contribution in [0.4, 0.5) is 0 Å². The normalized spacial score (nSPS) is 32.0. The minimum Gasteiger partial charge on any atom is -0.394 e. The van der Waals surface area contributed by atoms with Crippen molar-refractivity contribution in [3.8, 4) is 0 Å². The third-order valence-electron chi connectivity index (χ3n) is 2.47. The molecule has 0 aromatic rings. The Morgan fingerprint density at radius 3 is 2.23 bits per heavy atom. The van der Waals surface area contributed by atoms with E-state index in [1.54, 1.807) is 0 Å². The number of rotatable bonds is 3. The summed E-state index contributed by atoms with van der Waals surface area (Å²) < 4.78 is 0. The third kappa shape index (κ3) is 2.28. The number of aliphatic hydroxyl groups excluding tert-OH is 3. The second-order valence-electron chi connectivity index (χ2n) is 3.63. The van der Waals surface area contributed by atoms with E-state index in [1.165, 1.54) is 0 Å². The zero-order chi connectivity index (χ0) is 10.0. The average Bonchev–Trinajstić information content (AvgIpc) is 2.32. The lowest BCUT2D eigenvalue weighted by Crippen LogP contribution is -2.37. The Labute approximate surface area is 78.1 Å². The molecule has 1 rings (SSSR count). The fraction of sp³-hybridized carbons (Fsp3) is 0.778. The van der Waals surface area contributed by atoms with Crippen molar-refractivity contribution in [2.24, 2.45) is 0 Å². The van der Waals surface area contributed by atoms with Crippen molar-refractivity contribution in [1.82, 2.24) is 4.90 Å². The van der Waals surface area contributed by atoms with E-state index in [9.17, 15) is 10.2 Å². The van der Waals surface area contributed by atoms with Crippen LogP contribution in [0.3, 0.4) is 0 Å². The van der Waals surface area contributed by atoms with Gasteiger partial charge in [-0.15, -0.1) is 0 Å². The molecule has 76 valence electrons. The molecule has 1 saturated heterocycles. The Balaban J connectivity index is 2.57. The van der Waals surface area contributed by atoms with Crippen LogP contribution in [-0.4, -0.2) is 58.2 Å². The quantitative estimate of drug-likeness (QED) is 0.494. The Morgan fingerprint density at radius 1 is 1.46 bits per heavy atom. The van der Waals surface area contributed by atoms with Crippen LogP contribution in [0.2, 0.25) is 0 Å². The van der Waals surface area contributed by atoms with E-state index in [2.05, 4.69) is 6.58 Å². The van der Waals surface area contributed by atoms with Crippen molar-refractivity contribution in [3.63, 3.8) is 0 Å². The first-order chi connectivity index (χ1) is 6.06. The summed E-state index contributed by atoms with van der Waals surface area (Å²) in [6, 6.07) is -0.146. The summed E-state index contributed by atoms with van der Waals surface area (Å²) in [5.74, 6) is 0. The van der Waals surface area contributed by atoms with Gasteiger partial charge in [0.2, 0.25) is 0 Å². The molecule has 0 bridgehead atoms. The van der Waals surface area contributed by atoms with Gasteiger partial charge in [0.05, 0.1) is 24.9 Å². The van der Waals surface area contributed by atoms with Gasteiger partial charge in [0.1, 0.15) is 0 Å². The summed E-state index contributed by atoms with van der Waals surface area (Å²) in [6.07, 6.45) is -1.40. The molecule has 0 spiro atoms. The molecular formula is C9H17NO3. The fourth-order valence-electron chi connectivity index (χ4n) is 1.64. The topological polar surface area (TPSA) is 63.9 Å². The molecule has 0 amide bonds. The zero-order valence-electron chi connectivity index (χ0n) is 7.85. The molecule has 1 aliphatic rings. The van der Waals surface area contributed by atoms with Crippen molar-refractivity contribution in [1.29, 1.82) is 0 Å². The van der Waals surface area contributed by atoms with Gasteiger partial charge in [0, 0.05) is 13.1 Å². The van der Waals surface area contributed by atoms with Gasteiger partial charge in [-0.25, -0.2) is 0 Å². The van der Waals surface area contributed by atoms with Crippen LogP contribution >= 0.6 is 0 Å². The smallest absolute Gasteiger partial charge is 0.0938 e. The summed E-state index contributed by atoms with van der Waals surface area (Å²) in [5, 5.41) is 27.6. The van der Waals surface area contributed by atoms with Crippen LogP contribution in [0, 0.1) is 0 Å². The van der Waals surface area contributed by atoms with Gasteiger partial charge in [-0.1, -0.05) is 12.2 Å². The van der Waals surface area contributed by atoms with E-state index >= 15 is 0 Å². The monoisotopic (exact) mass is 187 g/mol. The molecule has 1 aliphatic heterocycles. The lowest BCUT2D eigenvalue weighted by atomic mass is 10.1. The zero-order valence-corrected chi connectivity index (χ0v) is 7.85. The van der Waals surface area contributed by atoms with E-state index in [4.69, 9.17) is 5.11 Å². The SMILES string of the molecule is C=C(C)C(CO)N1CC(O)C(O)C1. The highest BCUT2D eigenvalue weighted by atomic mass is 16.3. The second kappa shape index (κ2) is 4.19. The maximum Gasteiger partial charge on any atom is 0.0938 e. The minimum atomic E-state index is -0.701. The number of hydrogen-bond acceptors (Lipinski definition) is 4. The van der Waals surface area contributed by atoms with E-state index in [-0.39, 0.29) is 12.6 Å². The Morgan fingerprint density at radius 2 is 1.92 bits per heavy atom. The van der Waals surface area contributed by atoms with E-state index < -0.39 is 12.2 Å². The summed E-state index contributed by atoms with van der Waals surface area (Å²) >= 11 is 0. The molecular weight excluding hydrogens is 170 g/mol. The summed E-state index contributed by atoms with van der Waals surface area (Å²) in [6.45, 7) is 6.37. The summed E-state index contributed by atoms with van der Waals surface area (Å²) in [7, 11) is 0. The highest BCUT2D eigenvalue weighted by molar-refractivity contribution is 5.05. The minimum absolute atomic E-state index is 0.0191. The van der Waals surface area contributed by atoms with Gasteiger partial charge in [-0.2, -0.15) is 0 Å². The van der Waals surface area contributed by atoms with Crippen LogP contribution in [0.1, 0.15) is 6.92 Å². The first-order valence-corrected chi connectivity index (χ1v) is 4.42. The maximum atomic E-state index is 9.29. The Kier molecular flexibility index (Phi) is 3.44. The van der Waals surface area contributed by atoms with Crippen LogP contribution < -0.4 is 0 Å². The van der Waals surface area contributed by atoms with Gasteiger partial charge < -0.3 is 15.3 Å². The second-order valence-corrected chi connectivity index (χ2v) is 3.63. The largest absolute Gasteiger partial charge is 0.394 e. The maximum absolute atomic E-state index is 9.29. The standard InChI is InChI=1S/C9H17NO3/c1-6(2)7(5-11)10-3-8(12)9(13)4-10/h7-9,11-13H,1,3-5H2,2H3. The molecule has 3 N–H and O–H groups in total. The molecule has 1 fully saturated rings. The summed E-state index contributed by atoms with van der Waals surface area (Å²) in [4.78, 5) is 1.84. The van der Waals surface area contributed by atoms with Crippen molar-refractivity contribution in [3.05, 3.63) is 12.2 Å². The van der Waals surface area contributed by atoms with Crippen molar-refractivity contribution >= 4 is 0 Å². The Bertz CT molecular complexity index is 185. The Hall–Kier alpha value is -0.420. The average molecular weight is 187 g/mol. The number of β-amino-alcohol motifs (C(OH)–C–C–N with tert-alkyl or cyclic N) is 2. The predicted octanol–water partition coefficient (Wildman–Crippen LogP) is -1.04. The first-order valence-electron chi connectivity index (χ1n) is 4.42. The van der Waals surface area contributed by atoms with Gasteiger partial charge in [-0.3, -0.25) is 4.90 Å². The molecule has 1 heterocycles. The van der Waals surface area contributed by atoms with Crippen LogP contribution in [0.5, 0.6) is 0 Å². The number of hydrogen-bond donors (Lipinski definition) is 3. The highest BCUT2D eigenvalue weighted by Crippen LogP contribution is 2.16. The van der Waals surface area contributed by atoms with Crippen LogP contribution in [0.25, 0.3) is 0 Å². The van der Waals surface area contributed by atoms with Gasteiger partial charge in [0.15, 0.2) is 0 Å². The third-order valence-corrected chi connectivity index (χ3v) is 2.47. The fourth-order valence-corrected chi connectivity index (χ4v) is 1.64. The molecule has 13 heavy (non-hydrogen) atoms. The molecule has 0 aliphatic carbocycles. The van der Waals surface area contributed by atoms with Gasteiger partial charge in [-0.05, 0) is 6.92 Å². The van der Waals surface area contributed by atoms with E-state index in [0.29, 0.717) is 13.1 Å². The molecule has 3 unspecified atom stereocenters.